The van der Waals surface area contributed by atoms with E-state index in [0.29, 0.717) is 11.8 Å². The summed E-state index contributed by atoms with van der Waals surface area (Å²) in [5.41, 5.74) is 1.09. The van der Waals surface area contributed by atoms with Gasteiger partial charge in [-0.05, 0) is 37.1 Å². The van der Waals surface area contributed by atoms with Gasteiger partial charge >= 0.3 is 0 Å². The number of hydrogen-bond donors (Lipinski definition) is 2. The third kappa shape index (κ3) is 4.74. The van der Waals surface area contributed by atoms with E-state index in [1.807, 2.05) is 23.0 Å². The predicted octanol–water partition coefficient (Wildman–Crippen LogP) is 2.22. The number of pyridine rings is 1. The number of rotatable bonds is 6. The fourth-order valence-corrected chi connectivity index (χ4v) is 3.79. The molecular weight excluding hydrogens is 320 g/mol. The van der Waals surface area contributed by atoms with Gasteiger partial charge < -0.3 is 10.6 Å². The zero-order chi connectivity index (χ0) is 16.6. The molecule has 1 aliphatic rings. The molecule has 2 aromatic rings. The molecule has 0 radical (unpaired) electrons. The zero-order valence-electron chi connectivity index (χ0n) is 14.0. The highest BCUT2D eigenvalue weighted by molar-refractivity contribution is 8.00. The molecule has 2 aromatic heterocycles. The largest absolute Gasteiger partial charge is 0.357 e. The molecule has 1 atom stereocenters. The first-order valence-corrected chi connectivity index (χ1v) is 9.47. The van der Waals surface area contributed by atoms with Crippen LogP contribution < -0.4 is 10.6 Å². The van der Waals surface area contributed by atoms with Crippen LogP contribution in [0.4, 0.5) is 0 Å². The summed E-state index contributed by atoms with van der Waals surface area (Å²) in [4.78, 5) is 13.2. The average molecular weight is 344 g/mol. The van der Waals surface area contributed by atoms with Gasteiger partial charge in [0.15, 0.2) is 5.96 Å². The van der Waals surface area contributed by atoms with Crippen LogP contribution in [-0.4, -0.2) is 44.6 Å². The highest BCUT2D eigenvalue weighted by Crippen LogP contribution is 2.25. The van der Waals surface area contributed by atoms with E-state index in [1.54, 1.807) is 12.5 Å². The molecule has 24 heavy (non-hydrogen) atoms. The minimum atomic E-state index is 0.615. The van der Waals surface area contributed by atoms with Gasteiger partial charge in [-0.3, -0.25) is 4.57 Å². The first-order chi connectivity index (χ1) is 11.8. The molecule has 1 saturated heterocycles. The van der Waals surface area contributed by atoms with Crippen molar-refractivity contribution in [1.82, 2.24) is 25.2 Å². The van der Waals surface area contributed by atoms with Gasteiger partial charge in [-0.2, -0.15) is 11.8 Å². The topological polar surface area (TPSA) is 67.1 Å². The fraction of sp³-hybridized carbons (Fsp3) is 0.471. The minimum Gasteiger partial charge on any atom is -0.357 e. The summed E-state index contributed by atoms with van der Waals surface area (Å²) in [6.45, 7) is 4.54. The average Bonchev–Trinajstić information content (AvgIpc) is 3.31. The third-order valence-electron chi connectivity index (χ3n) is 3.86. The van der Waals surface area contributed by atoms with Gasteiger partial charge in [-0.1, -0.05) is 6.07 Å². The second-order valence-corrected chi connectivity index (χ2v) is 7.11. The van der Waals surface area contributed by atoms with Crippen LogP contribution in [0.5, 0.6) is 0 Å². The Morgan fingerprint density at radius 2 is 2.38 bits per heavy atom. The van der Waals surface area contributed by atoms with Crippen molar-refractivity contribution >= 4 is 17.7 Å². The molecule has 3 heterocycles. The fourth-order valence-electron chi connectivity index (χ4n) is 2.59. The first-order valence-electron chi connectivity index (χ1n) is 8.42. The van der Waals surface area contributed by atoms with E-state index in [0.717, 1.165) is 30.4 Å². The Balaban J connectivity index is 1.56. The Labute approximate surface area is 147 Å². The van der Waals surface area contributed by atoms with Gasteiger partial charge in [0, 0.05) is 36.9 Å². The van der Waals surface area contributed by atoms with Crippen molar-refractivity contribution in [3.8, 4) is 5.82 Å². The minimum absolute atomic E-state index is 0.615. The summed E-state index contributed by atoms with van der Waals surface area (Å²) < 4.78 is 1.89. The smallest absolute Gasteiger partial charge is 0.191 e. The SMILES string of the molecule is CCNC(=NCc1ccc(-n2ccnc2)nc1)NCC1CCCS1. The van der Waals surface area contributed by atoms with Gasteiger partial charge in [0.25, 0.3) is 0 Å². The summed E-state index contributed by atoms with van der Waals surface area (Å²) in [6, 6.07) is 4.05. The molecule has 0 amide bonds. The lowest BCUT2D eigenvalue weighted by Gasteiger charge is -2.14. The number of aromatic nitrogens is 3. The molecule has 0 bridgehead atoms. The van der Waals surface area contributed by atoms with Crippen molar-refractivity contribution in [2.24, 2.45) is 4.99 Å². The molecule has 3 rings (SSSR count). The Morgan fingerprint density at radius 1 is 1.42 bits per heavy atom. The quantitative estimate of drug-likeness (QED) is 0.621. The van der Waals surface area contributed by atoms with Crippen molar-refractivity contribution in [3.05, 3.63) is 42.6 Å². The Morgan fingerprint density at radius 3 is 3.04 bits per heavy atom. The van der Waals surface area contributed by atoms with E-state index in [4.69, 9.17) is 0 Å². The number of guanidine groups is 1. The zero-order valence-corrected chi connectivity index (χ0v) is 14.8. The van der Waals surface area contributed by atoms with Gasteiger partial charge in [-0.25, -0.2) is 15.0 Å². The molecule has 128 valence electrons. The van der Waals surface area contributed by atoms with Crippen LogP contribution in [-0.2, 0) is 6.54 Å². The number of nitrogens with zero attached hydrogens (tertiary/aromatic N) is 4. The maximum absolute atomic E-state index is 4.66. The van der Waals surface area contributed by atoms with E-state index < -0.39 is 0 Å². The number of thioether (sulfide) groups is 1. The second-order valence-electron chi connectivity index (χ2n) is 5.71. The number of aliphatic imine (C=N–C) groups is 1. The molecule has 1 unspecified atom stereocenters. The van der Waals surface area contributed by atoms with Crippen LogP contribution in [0.15, 0.2) is 42.0 Å². The normalized spacial score (nSPS) is 17.9. The van der Waals surface area contributed by atoms with E-state index in [9.17, 15) is 0 Å². The van der Waals surface area contributed by atoms with Crippen LogP contribution in [0.2, 0.25) is 0 Å². The summed E-state index contributed by atoms with van der Waals surface area (Å²) >= 11 is 2.05. The number of imidazole rings is 1. The molecule has 2 N–H and O–H groups in total. The van der Waals surface area contributed by atoms with Gasteiger partial charge in [0.05, 0.1) is 6.54 Å². The van der Waals surface area contributed by atoms with Crippen LogP contribution in [0.25, 0.3) is 5.82 Å². The highest BCUT2D eigenvalue weighted by Gasteiger charge is 2.15. The van der Waals surface area contributed by atoms with Gasteiger partial charge in [-0.15, -0.1) is 0 Å². The van der Waals surface area contributed by atoms with E-state index in [-0.39, 0.29) is 0 Å². The summed E-state index contributed by atoms with van der Waals surface area (Å²) in [6.07, 6.45) is 9.88. The summed E-state index contributed by atoms with van der Waals surface area (Å²) in [5, 5.41) is 7.47. The van der Waals surface area contributed by atoms with E-state index in [1.165, 1.54) is 18.6 Å². The summed E-state index contributed by atoms with van der Waals surface area (Å²) in [5.74, 6) is 3.03. The number of nitrogens with one attached hydrogen (secondary N) is 2. The molecule has 0 aliphatic carbocycles. The molecule has 0 spiro atoms. The van der Waals surface area contributed by atoms with Crippen molar-refractivity contribution < 1.29 is 0 Å². The lowest BCUT2D eigenvalue weighted by atomic mass is 10.2. The lowest BCUT2D eigenvalue weighted by molar-refractivity contribution is 0.727. The van der Waals surface area contributed by atoms with Crippen molar-refractivity contribution in [3.63, 3.8) is 0 Å². The monoisotopic (exact) mass is 344 g/mol. The standard InChI is InChI=1S/C17H24N6S/c1-2-19-17(22-12-15-4-3-9-24-15)21-11-14-5-6-16(20-10-14)23-8-7-18-13-23/h5-8,10,13,15H,2-4,9,11-12H2,1H3,(H2,19,21,22). The van der Waals surface area contributed by atoms with E-state index >= 15 is 0 Å². The second kappa shape index (κ2) is 8.73. The maximum Gasteiger partial charge on any atom is 0.191 e. The maximum atomic E-state index is 4.66. The molecule has 1 aliphatic heterocycles. The van der Waals surface area contributed by atoms with Crippen LogP contribution in [0, 0.1) is 0 Å². The molecule has 0 saturated carbocycles. The Kier molecular flexibility index (Phi) is 6.12. The van der Waals surface area contributed by atoms with Crippen LogP contribution in [0.3, 0.4) is 0 Å². The van der Waals surface area contributed by atoms with Crippen LogP contribution in [0.1, 0.15) is 25.3 Å². The van der Waals surface area contributed by atoms with Gasteiger partial charge in [0.2, 0.25) is 0 Å². The first kappa shape index (κ1) is 16.8. The lowest BCUT2D eigenvalue weighted by Crippen LogP contribution is -2.40. The molecule has 1 fully saturated rings. The predicted molar refractivity (Wildman–Crippen MR) is 99.7 cm³/mol. The van der Waals surface area contributed by atoms with Crippen LogP contribution >= 0.6 is 11.8 Å². The van der Waals surface area contributed by atoms with Crippen molar-refractivity contribution in [2.75, 3.05) is 18.8 Å². The van der Waals surface area contributed by atoms with Crippen molar-refractivity contribution in [2.45, 2.75) is 31.6 Å². The third-order valence-corrected chi connectivity index (χ3v) is 5.26. The summed E-state index contributed by atoms with van der Waals surface area (Å²) in [7, 11) is 0. The Hall–Kier alpha value is -2.02. The highest BCUT2D eigenvalue weighted by atomic mass is 32.2. The van der Waals surface area contributed by atoms with Crippen molar-refractivity contribution in [1.29, 1.82) is 0 Å². The molecular formula is C17H24N6S. The molecule has 0 aromatic carbocycles. The molecule has 7 heteroatoms. The van der Waals surface area contributed by atoms with E-state index in [2.05, 4.69) is 50.3 Å². The Bertz CT molecular complexity index is 632. The molecule has 6 nitrogen and oxygen atoms in total. The number of hydrogen-bond acceptors (Lipinski definition) is 4. The van der Waals surface area contributed by atoms with Gasteiger partial charge in [0.1, 0.15) is 12.1 Å².